The molecule has 0 fully saturated rings. The fourth-order valence-corrected chi connectivity index (χ4v) is 1.87. The lowest BCUT2D eigenvalue weighted by Crippen LogP contribution is -2.02. The number of rotatable bonds is 3. The van der Waals surface area contributed by atoms with E-state index in [4.69, 9.17) is 0 Å². The lowest BCUT2D eigenvalue weighted by molar-refractivity contribution is 1.04. The zero-order chi connectivity index (χ0) is 12.3. The molecule has 4 heteroatoms. The summed E-state index contributed by atoms with van der Waals surface area (Å²) in [7, 11) is 0. The monoisotopic (exact) mass is 291 g/mol. The summed E-state index contributed by atoms with van der Waals surface area (Å²) < 4.78 is 1.07. The summed E-state index contributed by atoms with van der Waals surface area (Å²) in [4.78, 5) is 8.78. The summed E-state index contributed by atoms with van der Waals surface area (Å²) >= 11 is 3.43. The molecule has 1 aromatic heterocycles. The predicted octanol–water partition coefficient (Wildman–Crippen LogP) is 3.65. The second kappa shape index (κ2) is 5.27. The third-order valence-corrected chi connectivity index (χ3v) is 2.86. The summed E-state index contributed by atoms with van der Waals surface area (Å²) in [5.41, 5.74) is 2.04. The van der Waals surface area contributed by atoms with E-state index in [9.17, 15) is 0 Å². The topological polar surface area (TPSA) is 37.8 Å². The summed E-state index contributed by atoms with van der Waals surface area (Å²) in [6.07, 6.45) is 0. The van der Waals surface area contributed by atoms with Gasteiger partial charge in [0.25, 0.3) is 0 Å². The van der Waals surface area contributed by atoms with Gasteiger partial charge in [-0.3, -0.25) is 0 Å². The Morgan fingerprint density at radius 1 is 1.18 bits per heavy atom. The smallest absolute Gasteiger partial charge is 0.130 e. The van der Waals surface area contributed by atoms with Crippen LogP contribution in [0.2, 0.25) is 0 Å². The Kier molecular flexibility index (Phi) is 3.74. The Balaban J connectivity index is 2.40. The van der Waals surface area contributed by atoms with Gasteiger partial charge in [-0.05, 0) is 26.0 Å². The minimum absolute atomic E-state index is 0.779. The largest absolute Gasteiger partial charge is 0.370 e. The molecule has 1 N–H and O–H groups in total. The average molecular weight is 292 g/mol. The SMILES string of the molecule is CCNc1cc(-c2ccc(Br)cc2)nc(C)n1. The summed E-state index contributed by atoms with van der Waals surface area (Å²) in [5, 5.41) is 3.21. The molecule has 0 amide bonds. The molecule has 0 radical (unpaired) electrons. The lowest BCUT2D eigenvalue weighted by atomic mass is 10.1. The first kappa shape index (κ1) is 12.0. The van der Waals surface area contributed by atoms with Crippen LogP contribution in [0.15, 0.2) is 34.8 Å². The van der Waals surface area contributed by atoms with Crippen LogP contribution < -0.4 is 5.32 Å². The maximum Gasteiger partial charge on any atom is 0.130 e. The number of hydrogen-bond donors (Lipinski definition) is 1. The number of anilines is 1. The van der Waals surface area contributed by atoms with Gasteiger partial charge in [0.05, 0.1) is 5.69 Å². The van der Waals surface area contributed by atoms with Gasteiger partial charge < -0.3 is 5.32 Å². The number of nitrogens with zero attached hydrogens (tertiary/aromatic N) is 2. The first-order valence-electron chi connectivity index (χ1n) is 5.54. The zero-order valence-corrected chi connectivity index (χ0v) is 11.5. The molecule has 1 aromatic carbocycles. The minimum atomic E-state index is 0.779. The third-order valence-electron chi connectivity index (χ3n) is 2.34. The first-order valence-corrected chi connectivity index (χ1v) is 6.34. The van der Waals surface area contributed by atoms with Gasteiger partial charge in [-0.15, -0.1) is 0 Å². The van der Waals surface area contributed by atoms with E-state index in [-0.39, 0.29) is 0 Å². The average Bonchev–Trinajstić information content (AvgIpc) is 2.29. The molecule has 2 aromatic rings. The van der Waals surface area contributed by atoms with E-state index in [0.717, 1.165) is 33.9 Å². The maximum absolute atomic E-state index is 4.45. The molecule has 0 bridgehead atoms. The molecular formula is C13H14BrN3. The van der Waals surface area contributed by atoms with Crippen molar-refractivity contribution in [3.05, 3.63) is 40.6 Å². The molecule has 0 saturated heterocycles. The number of hydrogen-bond acceptors (Lipinski definition) is 3. The van der Waals surface area contributed by atoms with E-state index in [0.29, 0.717) is 0 Å². The Bertz CT molecular complexity index is 509. The molecule has 0 unspecified atom stereocenters. The number of benzene rings is 1. The van der Waals surface area contributed by atoms with Gasteiger partial charge in [-0.1, -0.05) is 28.1 Å². The summed E-state index contributed by atoms with van der Waals surface area (Å²) in [6, 6.07) is 10.1. The fourth-order valence-electron chi connectivity index (χ4n) is 1.61. The van der Waals surface area contributed by atoms with Crippen molar-refractivity contribution >= 4 is 21.7 Å². The molecule has 0 spiro atoms. The molecule has 1 heterocycles. The van der Waals surface area contributed by atoms with Gasteiger partial charge in [-0.25, -0.2) is 9.97 Å². The van der Waals surface area contributed by atoms with Crippen LogP contribution in [-0.2, 0) is 0 Å². The van der Waals surface area contributed by atoms with E-state index >= 15 is 0 Å². The van der Waals surface area contributed by atoms with Gasteiger partial charge in [0, 0.05) is 22.6 Å². The number of aromatic nitrogens is 2. The minimum Gasteiger partial charge on any atom is -0.370 e. The maximum atomic E-state index is 4.45. The Hall–Kier alpha value is -1.42. The van der Waals surface area contributed by atoms with Crippen LogP contribution in [0.1, 0.15) is 12.7 Å². The molecule has 3 nitrogen and oxygen atoms in total. The summed E-state index contributed by atoms with van der Waals surface area (Å²) in [5.74, 6) is 1.65. The Labute approximate surface area is 109 Å². The molecule has 0 aliphatic rings. The van der Waals surface area contributed by atoms with Crippen LogP contribution in [0.25, 0.3) is 11.3 Å². The van der Waals surface area contributed by atoms with Gasteiger partial charge in [0.1, 0.15) is 11.6 Å². The molecule has 0 aliphatic heterocycles. The molecule has 88 valence electrons. The highest BCUT2D eigenvalue weighted by Crippen LogP contribution is 2.21. The molecule has 0 atom stereocenters. The van der Waals surface area contributed by atoms with Gasteiger partial charge in [0.15, 0.2) is 0 Å². The van der Waals surface area contributed by atoms with Crippen molar-refractivity contribution in [1.29, 1.82) is 0 Å². The van der Waals surface area contributed by atoms with Crippen LogP contribution in [0.4, 0.5) is 5.82 Å². The number of aryl methyl sites for hydroxylation is 1. The van der Waals surface area contributed by atoms with Gasteiger partial charge in [0.2, 0.25) is 0 Å². The van der Waals surface area contributed by atoms with Gasteiger partial charge in [-0.2, -0.15) is 0 Å². The van der Waals surface area contributed by atoms with Crippen molar-refractivity contribution in [2.24, 2.45) is 0 Å². The second-order valence-electron chi connectivity index (χ2n) is 3.72. The van der Waals surface area contributed by atoms with E-state index in [1.165, 1.54) is 0 Å². The number of nitrogens with one attached hydrogen (secondary N) is 1. The highest BCUT2D eigenvalue weighted by Gasteiger charge is 2.03. The van der Waals surface area contributed by atoms with E-state index in [1.54, 1.807) is 0 Å². The van der Waals surface area contributed by atoms with Crippen molar-refractivity contribution in [3.63, 3.8) is 0 Å². The first-order chi connectivity index (χ1) is 8.19. The molecule has 17 heavy (non-hydrogen) atoms. The van der Waals surface area contributed by atoms with E-state index < -0.39 is 0 Å². The Morgan fingerprint density at radius 2 is 1.88 bits per heavy atom. The van der Waals surface area contributed by atoms with Crippen molar-refractivity contribution in [2.45, 2.75) is 13.8 Å². The normalized spacial score (nSPS) is 10.3. The highest BCUT2D eigenvalue weighted by atomic mass is 79.9. The van der Waals surface area contributed by atoms with Crippen molar-refractivity contribution in [2.75, 3.05) is 11.9 Å². The van der Waals surface area contributed by atoms with Crippen molar-refractivity contribution < 1.29 is 0 Å². The molecular weight excluding hydrogens is 278 g/mol. The lowest BCUT2D eigenvalue weighted by Gasteiger charge is -2.07. The fraction of sp³-hybridized carbons (Fsp3) is 0.231. The summed E-state index contributed by atoms with van der Waals surface area (Å²) in [6.45, 7) is 4.82. The third kappa shape index (κ3) is 3.03. The Morgan fingerprint density at radius 3 is 2.53 bits per heavy atom. The van der Waals surface area contributed by atoms with Gasteiger partial charge >= 0.3 is 0 Å². The molecule has 0 saturated carbocycles. The van der Waals surface area contributed by atoms with Crippen molar-refractivity contribution in [3.8, 4) is 11.3 Å². The van der Waals surface area contributed by atoms with Crippen LogP contribution in [0, 0.1) is 6.92 Å². The van der Waals surface area contributed by atoms with Crippen LogP contribution in [0.3, 0.4) is 0 Å². The van der Waals surface area contributed by atoms with Crippen LogP contribution in [-0.4, -0.2) is 16.5 Å². The second-order valence-corrected chi connectivity index (χ2v) is 4.64. The standard InChI is InChI=1S/C13H14BrN3/c1-3-15-13-8-12(16-9(2)17-13)10-4-6-11(14)7-5-10/h4-8H,3H2,1-2H3,(H,15,16,17). The van der Waals surface area contributed by atoms with E-state index in [2.05, 4.69) is 38.1 Å². The highest BCUT2D eigenvalue weighted by molar-refractivity contribution is 9.10. The van der Waals surface area contributed by atoms with Crippen molar-refractivity contribution in [1.82, 2.24) is 9.97 Å². The van der Waals surface area contributed by atoms with Crippen LogP contribution >= 0.6 is 15.9 Å². The van der Waals surface area contributed by atoms with Crippen LogP contribution in [0.5, 0.6) is 0 Å². The predicted molar refractivity (Wildman–Crippen MR) is 74.1 cm³/mol. The molecule has 2 rings (SSSR count). The number of halogens is 1. The molecule has 0 aliphatic carbocycles. The quantitative estimate of drug-likeness (QED) is 0.938. The van der Waals surface area contributed by atoms with E-state index in [1.807, 2.05) is 37.3 Å². The zero-order valence-electron chi connectivity index (χ0n) is 9.87.